The fourth-order valence-corrected chi connectivity index (χ4v) is 4.73. The quantitative estimate of drug-likeness (QED) is 0.388. The number of hydrogen-bond acceptors (Lipinski definition) is 4. The summed E-state index contributed by atoms with van der Waals surface area (Å²) in [6.07, 6.45) is 4.43. The summed E-state index contributed by atoms with van der Waals surface area (Å²) in [4.78, 5) is 27.8. The molecule has 1 saturated carbocycles. The highest BCUT2D eigenvalue weighted by atomic mass is 19.1. The Labute approximate surface area is 187 Å². The van der Waals surface area contributed by atoms with Crippen molar-refractivity contribution in [3.8, 4) is 5.75 Å². The molecule has 1 N–H and O–H groups in total. The first-order chi connectivity index (χ1) is 15.4. The molecule has 1 amide bonds. The number of ether oxygens (including phenoxy) is 1. The minimum atomic E-state index is -0.964. The lowest BCUT2D eigenvalue weighted by atomic mass is 9.90. The van der Waals surface area contributed by atoms with Crippen LogP contribution in [0.25, 0.3) is 5.76 Å². The van der Waals surface area contributed by atoms with Gasteiger partial charge in [-0.25, -0.2) is 4.39 Å². The Morgan fingerprint density at radius 3 is 2.47 bits per heavy atom. The van der Waals surface area contributed by atoms with Crippen LogP contribution in [-0.4, -0.2) is 33.8 Å². The number of likely N-dealkylation sites (tertiary alicyclic amines) is 1. The van der Waals surface area contributed by atoms with Crippen LogP contribution in [0.1, 0.15) is 63.1 Å². The molecule has 6 heteroatoms. The van der Waals surface area contributed by atoms with Crippen LogP contribution >= 0.6 is 0 Å². The second-order valence-corrected chi connectivity index (χ2v) is 8.71. The number of nitrogens with zero attached hydrogens (tertiary/aromatic N) is 1. The number of amides is 1. The molecule has 0 bridgehead atoms. The molecule has 1 heterocycles. The zero-order valence-corrected chi connectivity index (χ0v) is 18.4. The summed E-state index contributed by atoms with van der Waals surface area (Å²) in [5.74, 6) is -1.75. The summed E-state index contributed by atoms with van der Waals surface area (Å²) in [5, 5.41) is 11.2. The Bertz CT molecular complexity index is 1060. The number of ketones is 1. The number of hydrogen-bond donors (Lipinski definition) is 1. The van der Waals surface area contributed by atoms with E-state index in [-0.39, 0.29) is 29.0 Å². The monoisotopic (exact) mass is 437 g/mol. The van der Waals surface area contributed by atoms with E-state index in [9.17, 15) is 19.1 Å². The summed E-state index contributed by atoms with van der Waals surface area (Å²) >= 11 is 0. The van der Waals surface area contributed by atoms with Crippen LogP contribution in [0.4, 0.5) is 4.39 Å². The van der Waals surface area contributed by atoms with Gasteiger partial charge in [-0.3, -0.25) is 9.59 Å². The highest BCUT2D eigenvalue weighted by molar-refractivity contribution is 6.46. The third-order valence-electron chi connectivity index (χ3n) is 6.13. The van der Waals surface area contributed by atoms with E-state index in [1.54, 1.807) is 42.5 Å². The SMILES string of the molecule is CC(C)Oc1cccc(/C(O)=C2/C(=O)C(=O)N(C3CCCCC3)C2c2ccccc2F)c1. The molecule has 0 spiro atoms. The number of aliphatic hydroxyl groups is 1. The number of aliphatic hydroxyl groups excluding tert-OH is 1. The van der Waals surface area contributed by atoms with Gasteiger partial charge in [0.1, 0.15) is 17.3 Å². The molecular formula is C26H28FNO4. The first kappa shape index (κ1) is 22.1. The van der Waals surface area contributed by atoms with Gasteiger partial charge in [-0.05, 0) is 44.9 Å². The third kappa shape index (κ3) is 4.14. The number of Topliss-reactive ketones (excluding diaryl/α,β-unsaturated/α-hetero) is 1. The topological polar surface area (TPSA) is 66.8 Å². The Morgan fingerprint density at radius 2 is 1.78 bits per heavy atom. The van der Waals surface area contributed by atoms with Gasteiger partial charge in [0.2, 0.25) is 0 Å². The molecule has 0 radical (unpaired) electrons. The van der Waals surface area contributed by atoms with E-state index in [1.807, 2.05) is 13.8 Å². The van der Waals surface area contributed by atoms with Gasteiger partial charge in [-0.1, -0.05) is 49.6 Å². The first-order valence-electron chi connectivity index (χ1n) is 11.2. The Hall–Kier alpha value is -3.15. The molecule has 4 rings (SSSR count). The molecule has 2 aromatic carbocycles. The molecule has 1 aliphatic carbocycles. The fraction of sp³-hybridized carbons (Fsp3) is 0.385. The van der Waals surface area contributed by atoms with Crippen molar-refractivity contribution in [1.29, 1.82) is 0 Å². The predicted molar refractivity (Wildman–Crippen MR) is 120 cm³/mol. The number of carbonyl (C=O) groups is 2. The minimum absolute atomic E-state index is 0.0670. The van der Waals surface area contributed by atoms with Crippen molar-refractivity contribution in [1.82, 2.24) is 4.90 Å². The van der Waals surface area contributed by atoms with E-state index in [0.29, 0.717) is 11.3 Å². The van der Waals surface area contributed by atoms with E-state index >= 15 is 0 Å². The molecule has 1 aliphatic heterocycles. The maximum atomic E-state index is 14.9. The largest absolute Gasteiger partial charge is 0.507 e. The minimum Gasteiger partial charge on any atom is -0.507 e. The van der Waals surface area contributed by atoms with Gasteiger partial charge in [-0.15, -0.1) is 0 Å². The van der Waals surface area contributed by atoms with Gasteiger partial charge in [-0.2, -0.15) is 0 Å². The smallest absolute Gasteiger partial charge is 0.295 e. The lowest BCUT2D eigenvalue weighted by molar-refractivity contribution is -0.141. The van der Waals surface area contributed by atoms with E-state index in [0.717, 1.165) is 32.1 Å². The van der Waals surface area contributed by atoms with Gasteiger partial charge in [0, 0.05) is 17.2 Å². The molecule has 1 atom stereocenters. The summed E-state index contributed by atoms with van der Waals surface area (Å²) in [5.41, 5.74) is 0.493. The van der Waals surface area contributed by atoms with Gasteiger partial charge in [0.15, 0.2) is 0 Å². The van der Waals surface area contributed by atoms with Crippen LogP contribution in [-0.2, 0) is 9.59 Å². The Kier molecular flexibility index (Phi) is 6.31. The van der Waals surface area contributed by atoms with Crippen LogP contribution in [0.2, 0.25) is 0 Å². The molecule has 32 heavy (non-hydrogen) atoms. The molecule has 1 saturated heterocycles. The summed E-state index contributed by atoms with van der Waals surface area (Å²) in [6, 6.07) is 11.7. The average Bonchev–Trinajstić information content (AvgIpc) is 3.04. The third-order valence-corrected chi connectivity index (χ3v) is 6.13. The normalized spacial score (nSPS) is 21.4. The molecule has 168 valence electrons. The number of benzene rings is 2. The molecule has 2 fully saturated rings. The van der Waals surface area contributed by atoms with Gasteiger partial charge < -0.3 is 14.7 Å². The zero-order chi connectivity index (χ0) is 22.8. The summed E-state index contributed by atoms with van der Waals surface area (Å²) in [6.45, 7) is 3.78. The van der Waals surface area contributed by atoms with E-state index < -0.39 is 23.5 Å². The Morgan fingerprint density at radius 1 is 1.06 bits per heavy atom. The van der Waals surface area contributed by atoms with Gasteiger partial charge >= 0.3 is 0 Å². The van der Waals surface area contributed by atoms with E-state index in [1.165, 1.54) is 11.0 Å². The number of carbonyl (C=O) groups excluding carboxylic acids is 2. The summed E-state index contributed by atoms with van der Waals surface area (Å²) < 4.78 is 20.6. The van der Waals surface area contributed by atoms with Crippen molar-refractivity contribution in [2.75, 3.05) is 0 Å². The van der Waals surface area contributed by atoms with Crippen molar-refractivity contribution < 1.29 is 23.8 Å². The highest BCUT2D eigenvalue weighted by Gasteiger charge is 2.49. The van der Waals surface area contributed by atoms with Gasteiger partial charge in [0.05, 0.1) is 17.7 Å². The van der Waals surface area contributed by atoms with Crippen LogP contribution in [0.15, 0.2) is 54.1 Å². The maximum Gasteiger partial charge on any atom is 0.295 e. The van der Waals surface area contributed by atoms with Crippen molar-refractivity contribution in [3.63, 3.8) is 0 Å². The lowest BCUT2D eigenvalue weighted by Crippen LogP contribution is -2.40. The maximum absolute atomic E-state index is 14.9. The first-order valence-corrected chi connectivity index (χ1v) is 11.2. The molecule has 1 unspecified atom stereocenters. The van der Waals surface area contributed by atoms with Crippen molar-refractivity contribution in [2.45, 2.75) is 64.1 Å². The number of rotatable bonds is 5. The van der Waals surface area contributed by atoms with Gasteiger partial charge in [0.25, 0.3) is 11.7 Å². The zero-order valence-electron chi connectivity index (χ0n) is 18.4. The molecule has 2 aromatic rings. The van der Waals surface area contributed by atoms with E-state index in [2.05, 4.69) is 0 Å². The van der Waals surface area contributed by atoms with E-state index in [4.69, 9.17) is 4.74 Å². The molecule has 2 aliphatic rings. The van der Waals surface area contributed by atoms with Crippen LogP contribution in [0.3, 0.4) is 0 Å². The highest BCUT2D eigenvalue weighted by Crippen LogP contribution is 2.43. The second kappa shape index (κ2) is 9.15. The predicted octanol–water partition coefficient (Wildman–Crippen LogP) is 5.37. The number of halogens is 1. The molecule has 0 aromatic heterocycles. The van der Waals surface area contributed by atoms with Crippen LogP contribution in [0.5, 0.6) is 5.75 Å². The van der Waals surface area contributed by atoms with Crippen molar-refractivity contribution in [3.05, 3.63) is 71.0 Å². The fourth-order valence-electron chi connectivity index (χ4n) is 4.73. The van der Waals surface area contributed by atoms with Crippen LogP contribution in [0, 0.1) is 5.82 Å². The van der Waals surface area contributed by atoms with Crippen molar-refractivity contribution >= 4 is 17.4 Å². The second-order valence-electron chi connectivity index (χ2n) is 8.71. The van der Waals surface area contributed by atoms with Crippen molar-refractivity contribution in [2.24, 2.45) is 0 Å². The Balaban J connectivity index is 1.86. The molecule has 5 nitrogen and oxygen atoms in total. The lowest BCUT2D eigenvalue weighted by Gasteiger charge is -2.35. The standard InChI is InChI=1S/C26H28FNO4/c1-16(2)32-19-12-8-9-17(15-19)24(29)22-23(20-13-6-7-14-21(20)27)28(26(31)25(22)30)18-10-4-3-5-11-18/h6-9,12-16,18,23,29H,3-5,10-11H2,1-2H3/b24-22-. The molecular weight excluding hydrogens is 409 g/mol. The van der Waals surface area contributed by atoms with Crippen LogP contribution < -0.4 is 4.74 Å². The average molecular weight is 438 g/mol. The summed E-state index contributed by atoms with van der Waals surface area (Å²) in [7, 11) is 0.